The molecule has 0 bridgehead atoms. The predicted molar refractivity (Wildman–Crippen MR) is 87.0 cm³/mol. The van der Waals surface area contributed by atoms with Crippen LogP contribution in [0.3, 0.4) is 0 Å². The Labute approximate surface area is 139 Å². The highest BCUT2D eigenvalue weighted by Crippen LogP contribution is 2.50. The minimum absolute atomic E-state index is 0.0142. The molecule has 1 aliphatic rings. The second-order valence-corrected chi connectivity index (χ2v) is 6.67. The van der Waals surface area contributed by atoms with Crippen molar-refractivity contribution in [2.45, 2.75) is 18.9 Å². The first-order valence-electron chi connectivity index (χ1n) is 7.13. The molecule has 0 spiro atoms. The third kappa shape index (κ3) is 3.13. The Morgan fingerprint density at radius 1 is 1.45 bits per heavy atom. The fourth-order valence-electron chi connectivity index (χ4n) is 2.80. The van der Waals surface area contributed by atoms with E-state index in [1.165, 1.54) is 0 Å². The second kappa shape index (κ2) is 5.94. The van der Waals surface area contributed by atoms with Crippen molar-refractivity contribution in [1.29, 1.82) is 0 Å². The lowest BCUT2D eigenvalue weighted by Gasteiger charge is -2.16. The van der Waals surface area contributed by atoms with Gasteiger partial charge in [0.2, 0.25) is 5.91 Å². The topological polar surface area (TPSA) is 38.1 Å². The van der Waals surface area contributed by atoms with Crippen molar-refractivity contribution in [3.63, 3.8) is 0 Å². The van der Waals surface area contributed by atoms with Gasteiger partial charge in [-0.2, -0.15) is 5.10 Å². The average molecular weight is 338 g/mol. The standard InChI is InChI=1S/C16H17Cl2N3O/c1-20(8-10-7-19-21(2)9-10)16(22)14-6-13(14)12-4-3-11(17)5-15(12)18/h3-5,7,9,13-14H,6,8H2,1-2H3/t13-,14-/m1/s1. The number of nitrogens with zero attached hydrogens (tertiary/aromatic N) is 3. The van der Waals surface area contributed by atoms with E-state index in [0.717, 1.165) is 17.5 Å². The van der Waals surface area contributed by atoms with Crippen LogP contribution < -0.4 is 0 Å². The van der Waals surface area contributed by atoms with Gasteiger partial charge in [0, 0.05) is 48.4 Å². The van der Waals surface area contributed by atoms with Crippen molar-refractivity contribution in [1.82, 2.24) is 14.7 Å². The molecule has 2 atom stereocenters. The summed E-state index contributed by atoms with van der Waals surface area (Å²) in [6, 6.07) is 5.48. The number of halogens is 2. The monoisotopic (exact) mass is 337 g/mol. The van der Waals surface area contributed by atoms with Crippen LogP contribution in [0.1, 0.15) is 23.5 Å². The summed E-state index contributed by atoms with van der Waals surface area (Å²) in [7, 11) is 3.69. The summed E-state index contributed by atoms with van der Waals surface area (Å²) in [6.07, 6.45) is 4.55. The average Bonchev–Trinajstić information content (AvgIpc) is 3.14. The van der Waals surface area contributed by atoms with E-state index in [1.807, 2.05) is 32.4 Å². The van der Waals surface area contributed by atoms with E-state index in [4.69, 9.17) is 23.2 Å². The van der Waals surface area contributed by atoms with Crippen LogP contribution in [0.4, 0.5) is 0 Å². The molecule has 1 aromatic carbocycles. The minimum atomic E-state index is 0.0142. The summed E-state index contributed by atoms with van der Waals surface area (Å²) in [5.74, 6) is 0.369. The number of carbonyl (C=O) groups is 1. The van der Waals surface area contributed by atoms with Crippen molar-refractivity contribution in [3.8, 4) is 0 Å². The van der Waals surface area contributed by atoms with Crippen LogP contribution in [-0.2, 0) is 18.4 Å². The maximum atomic E-state index is 12.5. The van der Waals surface area contributed by atoms with Crippen LogP contribution in [-0.4, -0.2) is 27.6 Å². The van der Waals surface area contributed by atoms with E-state index in [9.17, 15) is 4.79 Å². The zero-order valence-corrected chi connectivity index (χ0v) is 14.0. The van der Waals surface area contributed by atoms with Gasteiger partial charge in [0.05, 0.1) is 6.20 Å². The molecule has 116 valence electrons. The molecule has 1 aromatic heterocycles. The first kappa shape index (κ1) is 15.4. The molecular formula is C16H17Cl2N3O. The number of rotatable bonds is 4. The number of aromatic nitrogens is 2. The Morgan fingerprint density at radius 2 is 2.23 bits per heavy atom. The van der Waals surface area contributed by atoms with Crippen molar-refractivity contribution < 1.29 is 4.79 Å². The fraction of sp³-hybridized carbons (Fsp3) is 0.375. The number of amides is 1. The summed E-state index contributed by atoms with van der Waals surface area (Å²) in [6.45, 7) is 0.574. The number of hydrogen-bond acceptors (Lipinski definition) is 2. The van der Waals surface area contributed by atoms with E-state index >= 15 is 0 Å². The molecule has 0 saturated heterocycles. The predicted octanol–water partition coefficient (Wildman–Crippen LogP) is 3.49. The van der Waals surface area contributed by atoms with Gasteiger partial charge in [-0.3, -0.25) is 9.48 Å². The quantitative estimate of drug-likeness (QED) is 0.856. The lowest BCUT2D eigenvalue weighted by Crippen LogP contribution is -2.27. The van der Waals surface area contributed by atoms with Gasteiger partial charge in [0.1, 0.15) is 0 Å². The largest absolute Gasteiger partial charge is 0.341 e. The van der Waals surface area contributed by atoms with E-state index in [1.54, 1.807) is 21.8 Å². The molecule has 1 amide bonds. The molecular weight excluding hydrogens is 321 g/mol. The zero-order chi connectivity index (χ0) is 15.9. The Hall–Kier alpha value is -1.52. The first-order chi connectivity index (χ1) is 10.5. The molecule has 1 aliphatic carbocycles. The van der Waals surface area contributed by atoms with Gasteiger partial charge < -0.3 is 4.90 Å². The van der Waals surface area contributed by atoms with E-state index in [2.05, 4.69) is 5.10 Å². The molecule has 3 rings (SSSR count). The SMILES string of the molecule is CN(Cc1cnn(C)c1)C(=O)[C@@H]1C[C@@H]1c1ccc(Cl)cc1Cl. The van der Waals surface area contributed by atoms with Gasteiger partial charge in [0.25, 0.3) is 0 Å². The van der Waals surface area contributed by atoms with Crippen molar-refractivity contribution in [3.05, 3.63) is 51.8 Å². The molecule has 4 nitrogen and oxygen atoms in total. The lowest BCUT2D eigenvalue weighted by molar-refractivity contribution is -0.131. The van der Waals surface area contributed by atoms with E-state index in [-0.39, 0.29) is 17.7 Å². The molecule has 1 heterocycles. The first-order valence-corrected chi connectivity index (χ1v) is 7.88. The highest BCUT2D eigenvalue weighted by molar-refractivity contribution is 6.35. The summed E-state index contributed by atoms with van der Waals surface area (Å²) in [4.78, 5) is 14.3. The number of benzene rings is 1. The van der Waals surface area contributed by atoms with Gasteiger partial charge in [-0.05, 0) is 30.0 Å². The van der Waals surface area contributed by atoms with Crippen molar-refractivity contribution >= 4 is 29.1 Å². The lowest BCUT2D eigenvalue weighted by atomic mass is 10.1. The maximum Gasteiger partial charge on any atom is 0.226 e. The van der Waals surface area contributed by atoms with Crippen LogP contribution >= 0.6 is 23.2 Å². The van der Waals surface area contributed by atoms with Crippen molar-refractivity contribution in [2.75, 3.05) is 7.05 Å². The molecule has 0 radical (unpaired) electrons. The Morgan fingerprint density at radius 3 is 2.86 bits per heavy atom. The van der Waals surface area contributed by atoms with Crippen LogP contribution in [0.15, 0.2) is 30.6 Å². The van der Waals surface area contributed by atoms with Crippen LogP contribution in [0, 0.1) is 5.92 Å². The number of aryl methyl sites for hydroxylation is 1. The van der Waals surface area contributed by atoms with Gasteiger partial charge >= 0.3 is 0 Å². The normalized spacial score (nSPS) is 20.0. The van der Waals surface area contributed by atoms with E-state index < -0.39 is 0 Å². The molecule has 2 aromatic rings. The zero-order valence-electron chi connectivity index (χ0n) is 12.5. The van der Waals surface area contributed by atoms with Crippen molar-refractivity contribution in [2.24, 2.45) is 13.0 Å². The van der Waals surface area contributed by atoms with Crippen LogP contribution in [0.2, 0.25) is 10.0 Å². The molecule has 1 saturated carbocycles. The smallest absolute Gasteiger partial charge is 0.226 e. The van der Waals surface area contributed by atoms with Crippen LogP contribution in [0.25, 0.3) is 0 Å². The molecule has 0 N–H and O–H groups in total. The maximum absolute atomic E-state index is 12.5. The fourth-order valence-corrected chi connectivity index (χ4v) is 3.35. The summed E-state index contributed by atoms with van der Waals surface area (Å²) < 4.78 is 1.74. The van der Waals surface area contributed by atoms with Gasteiger partial charge in [0.15, 0.2) is 0 Å². The van der Waals surface area contributed by atoms with Gasteiger partial charge in [-0.25, -0.2) is 0 Å². The summed E-state index contributed by atoms with van der Waals surface area (Å²) in [5, 5.41) is 5.38. The summed E-state index contributed by atoms with van der Waals surface area (Å²) >= 11 is 12.1. The highest BCUT2D eigenvalue weighted by Gasteiger charge is 2.46. The minimum Gasteiger partial charge on any atom is -0.341 e. The van der Waals surface area contributed by atoms with Crippen LogP contribution in [0.5, 0.6) is 0 Å². The third-order valence-electron chi connectivity index (χ3n) is 4.02. The molecule has 1 fully saturated rings. The molecule has 22 heavy (non-hydrogen) atoms. The summed E-state index contributed by atoms with van der Waals surface area (Å²) in [5.41, 5.74) is 2.04. The third-order valence-corrected chi connectivity index (χ3v) is 4.59. The Kier molecular flexibility index (Phi) is 4.15. The highest BCUT2D eigenvalue weighted by atomic mass is 35.5. The second-order valence-electron chi connectivity index (χ2n) is 5.83. The molecule has 0 aliphatic heterocycles. The Balaban J connectivity index is 1.64. The Bertz CT molecular complexity index is 713. The number of carbonyl (C=O) groups excluding carboxylic acids is 1. The molecule has 6 heteroatoms. The van der Waals surface area contributed by atoms with Gasteiger partial charge in [-0.1, -0.05) is 29.3 Å². The number of hydrogen-bond donors (Lipinski definition) is 0. The van der Waals surface area contributed by atoms with Gasteiger partial charge in [-0.15, -0.1) is 0 Å². The van der Waals surface area contributed by atoms with E-state index in [0.29, 0.717) is 16.6 Å². The molecule has 0 unspecified atom stereocenters.